The molecular formula is C14H17ClN4OS. The van der Waals surface area contributed by atoms with Gasteiger partial charge in [-0.15, -0.1) is 0 Å². The van der Waals surface area contributed by atoms with Crippen molar-refractivity contribution in [3.05, 3.63) is 38.3 Å². The molecule has 112 valence electrons. The summed E-state index contributed by atoms with van der Waals surface area (Å²) in [5.74, 6) is 0. The summed E-state index contributed by atoms with van der Waals surface area (Å²) in [7, 11) is 0. The van der Waals surface area contributed by atoms with Crippen LogP contribution in [0.3, 0.4) is 0 Å². The summed E-state index contributed by atoms with van der Waals surface area (Å²) in [6.07, 6.45) is 0. The molecule has 7 heteroatoms. The molecule has 0 amide bonds. The van der Waals surface area contributed by atoms with Crippen LogP contribution in [-0.2, 0) is 6.54 Å². The smallest absolute Gasteiger partial charge is 0.262 e. The highest BCUT2D eigenvalue weighted by Gasteiger charge is 2.11. The van der Waals surface area contributed by atoms with Gasteiger partial charge < -0.3 is 10.3 Å². The molecule has 0 aliphatic carbocycles. The van der Waals surface area contributed by atoms with Gasteiger partial charge >= 0.3 is 0 Å². The number of H-pyrrole nitrogens is 1. The first kappa shape index (κ1) is 14.7. The van der Waals surface area contributed by atoms with Crippen molar-refractivity contribution in [1.82, 2.24) is 19.8 Å². The van der Waals surface area contributed by atoms with Crippen molar-refractivity contribution >= 4 is 34.7 Å². The van der Waals surface area contributed by atoms with E-state index in [9.17, 15) is 4.79 Å². The third-order valence-corrected chi connectivity index (χ3v) is 4.35. The molecular weight excluding hydrogens is 308 g/mol. The molecule has 0 radical (unpaired) electrons. The lowest BCUT2D eigenvalue weighted by Gasteiger charge is -2.27. The summed E-state index contributed by atoms with van der Waals surface area (Å²) in [6.45, 7) is 5.42. The Balaban J connectivity index is 1.90. The van der Waals surface area contributed by atoms with Crippen molar-refractivity contribution in [3.8, 4) is 0 Å². The summed E-state index contributed by atoms with van der Waals surface area (Å²) in [6, 6.07) is 5.22. The summed E-state index contributed by atoms with van der Waals surface area (Å²) >= 11 is 11.3. The summed E-state index contributed by atoms with van der Waals surface area (Å²) < 4.78 is 2.08. The number of nitrogens with one attached hydrogen (secondary N) is 2. The molecule has 2 N–H and O–H groups in total. The number of hydrogen-bond acceptors (Lipinski definition) is 4. The maximum atomic E-state index is 12.6. The zero-order valence-electron chi connectivity index (χ0n) is 11.6. The molecule has 2 heterocycles. The second-order valence-corrected chi connectivity index (χ2v) is 5.99. The lowest BCUT2D eigenvalue weighted by atomic mass is 10.2. The van der Waals surface area contributed by atoms with Crippen LogP contribution < -0.4 is 10.9 Å². The highest BCUT2D eigenvalue weighted by atomic mass is 35.5. The Morgan fingerprint density at radius 3 is 2.76 bits per heavy atom. The van der Waals surface area contributed by atoms with Gasteiger partial charge in [-0.2, -0.15) is 0 Å². The lowest BCUT2D eigenvalue weighted by molar-refractivity contribution is 0.231. The maximum Gasteiger partial charge on any atom is 0.262 e. The van der Waals surface area contributed by atoms with Gasteiger partial charge in [0.2, 0.25) is 0 Å². The molecule has 1 aliphatic heterocycles. The number of halogens is 1. The fraction of sp³-hybridized carbons (Fsp3) is 0.429. The molecule has 1 saturated heterocycles. The minimum absolute atomic E-state index is 0.0774. The van der Waals surface area contributed by atoms with Crippen LogP contribution in [0.25, 0.3) is 10.9 Å². The van der Waals surface area contributed by atoms with Gasteiger partial charge in [-0.3, -0.25) is 14.3 Å². The van der Waals surface area contributed by atoms with Gasteiger partial charge in [0, 0.05) is 44.3 Å². The summed E-state index contributed by atoms with van der Waals surface area (Å²) in [5.41, 5.74) is 0.652. The van der Waals surface area contributed by atoms with Gasteiger partial charge in [-0.25, -0.2) is 0 Å². The Bertz CT molecular complexity index is 764. The fourth-order valence-electron chi connectivity index (χ4n) is 2.60. The Kier molecular flexibility index (Phi) is 4.40. The van der Waals surface area contributed by atoms with Crippen LogP contribution in [0.1, 0.15) is 0 Å². The van der Waals surface area contributed by atoms with E-state index < -0.39 is 0 Å². The van der Waals surface area contributed by atoms with E-state index in [-0.39, 0.29) is 5.56 Å². The van der Waals surface area contributed by atoms with E-state index >= 15 is 0 Å². The van der Waals surface area contributed by atoms with E-state index in [0.717, 1.165) is 38.2 Å². The number of benzene rings is 1. The topological polar surface area (TPSA) is 53.1 Å². The van der Waals surface area contributed by atoms with Crippen LogP contribution in [0.2, 0.25) is 5.02 Å². The van der Waals surface area contributed by atoms with Gasteiger partial charge in [-0.05, 0) is 30.4 Å². The normalized spacial score (nSPS) is 16.4. The van der Waals surface area contributed by atoms with Crippen LogP contribution in [0.4, 0.5) is 0 Å². The van der Waals surface area contributed by atoms with E-state index in [0.29, 0.717) is 21.7 Å². The first-order valence-corrected chi connectivity index (χ1v) is 7.79. The van der Waals surface area contributed by atoms with Gasteiger partial charge in [0.25, 0.3) is 5.56 Å². The van der Waals surface area contributed by atoms with Crippen molar-refractivity contribution < 1.29 is 0 Å². The zero-order chi connectivity index (χ0) is 14.8. The Morgan fingerprint density at radius 2 is 2.00 bits per heavy atom. The number of rotatable bonds is 3. The molecule has 5 nitrogen and oxygen atoms in total. The number of nitrogens with zero attached hydrogens (tertiary/aromatic N) is 2. The standard InChI is InChI=1S/C14H17ClN4OS/c15-10-1-2-12-11(9-10)13(20)19(14(21)17-12)8-7-18-5-3-16-4-6-18/h1-2,9,16H,3-8H2,(H,17,21). The monoisotopic (exact) mass is 324 g/mol. The second kappa shape index (κ2) is 6.27. The molecule has 0 bridgehead atoms. The van der Waals surface area contributed by atoms with Gasteiger partial charge in [-0.1, -0.05) is 11.6 Å². The summed E-state index contributed by atoms with van der Waals surface area (Å²) in [4.78, 5) is 18.0. The first-order valence-electron chi connectivity index (χ1n) is 7.00. The number of piperazine rings is 1. The molecule has 21 heavy (non-hydrogen) atoms. The average Bonchev–Trinajstić information content (AvgIpc) is 2.49. The van der Waals surface area contributed by atoms with Gasteiger partial charge in [0.05, 0.1) is 10.9 Å². The molecule has 1 aromatic heterocycles. The Labute approximate surface area is 132 Å². The minimum atomic E-state index is -0.0774. The Hall–Kier alpha value is -1.21. The molecule has 0 atom stereocenters. The van der Waals surface area contributed by atoms with Crippen LogP contribution in [0.15, 0.2) is 23.0 Å². The lowest BCUT2D eigenvalue weighted by Crippen LogP contribution is -2.45. The molecule has 0 spiro atoms. The van der Waals surface area contributed by atoms with E-state index in [1.807, 2.05) is 0 Å². The second-order valence-electron chi connectivity index (χ2n) is 5.17. The van der Waals surface area contributed by atoms with Gasteiger partial charge in [0.1, 0.15) is 0 Å². The average molecular weight is 325 g/mol. The number of aromatic nitrogens is 2. The quantitative estimate of drug-likeness (QED) is 0.842. The molecule has 1 aromatic carbocycles. The third-order valence-electron chi connectivity index (χ3n) is 3.79. The third kappa shape index (κ3) is 3.18. The molecule has 2 aromatic rings. The molecule has 1 aliphatic rings. The highest BCUT2D eigenvalue weighted by molar-refractivity contribution is 7.71. The molecule has 1 fully saturated rings. The predicted octanol–water partition coefficient (Wildman–Crippen LogP) is 1.62. The zero-order valence-corrected chi connectivity index (χ0v) is 13.1. The number of fused-ring (bicyclic) bond motifs is 1. The van der Waals surface area contributed by atoms with E-state index in [1.165, 1.54) is 0 Å². The highest BCUT2D eigenvalue weighted by Crippen LogP contribution is 2.14. The molecule has 3 rings (SSSR count). The van der Waals surface area contributed by atoms with Crippen molar-refractivity contribution in [2.75, 3.05) is 32.7 Å². The van der Waals surface area contributed by atoms with Crippen LogP contribution in [-0.4, -0.2) is 47.2 Å². The fourth-order valence-corrected chi connectivity index (χ4v) is 3.06. The number of hydrogen-bond donors (Lipinski definition) is 2. The van der Waals surface area contributed by atoms with Crippen molar-refractivity contribution in [3.63, 3.8) is 0 Å². The predicted molar refractivity (Wildman–Crippen MR) is 87.7 cm³/mol. The molecule has 0 saturated carbocycles. The van der Waals surface area contributed by atoms with Crippen LogP contribution >= 0.6 is 23.8 Å². The van der Waals surface area contributed by atoms with E-state index in [2.05, 4.69) is 15.2 Å². The number of aromatic amines is 1. The van der Waals surface area contributed by atoms with Crippen LogP contribution in [0.5, 0.6) is 0 Å². The SMILES string of the molecule is O=c1c2cc(Cl)ccc2[nH]c(=S)n1CCN1CCNCC1. The van der Waals surface area contributed by atoms with Gasteiger partial charge in [0.15, 0.2) is 4.77 Å². The van der Waals surface area contributed by atoms with Crippen LogP contribution in [0, 0.1) is 4.77 Å². The Morgan fingerprint density at radius 1 is 1.24 bits per heavy atom. The van der Waals surface area contributed by atoms with Crippen molar-refractivity contribution in [2.45, 2.75) is 6.54 Å². The maximum absolute atomic E-state index is 12.6. The summed E-state index contributed by atoms with van der Waals surface area (Å²) in [5, 5.41) is 4.45. The van der Waals surface area contributed by atoms with E-state index in [1.54, 1.807) is 22.8 Å². The molecule has 0 unspecified atom stereocenters. The van der Waals surface area contributed by atoms with Crippen molar-refractivity contribution in [1.29, 1.82) is 0 Å². The first-order chi connectivity index (χ1) is 10.1. The van der Waals surface area contributed by atoms with E-state index in [4.69, 9.17) is 23.8 Å². The minimum Gasteiger partial charge on any atom is -0.332 e. The van der Waals surface area contributed by atoms with Crippen molar-refractivity contribution in [2.24, 2.45) is 0 Å². The largest absolute Gasteiger partial charge is 0.332 e.